The van der Waals surface area contributed by atoms with Crippen molar-refractivity contribution in [2.75, 3.05) is 60.2 Å². The van der Waals surface area contributed by atoms with E-state index >= 15 is 0 Å². The molecule has 2 saturated heterocycles. The lowest BCUT2D eigenvalue weighted by molar-refractivity contribution is 0.0757. The third-order valence-corrected chi connectivity index (χ3v) is 14.7. The summed E-state index contributed by atoms with van der Waals surface area (Å²) in [7, 11) is -6.23. The molecular formula is C42H31BrCl4F2N8O8S2. The number of carbonyl (C=O) groups is 2. The SMILES string of the molecule is N#Cc1nc(-c2c(Cl)cccc2Cl)oc1Br.N#Cc1nc(-c2c(Cl)cccc2Cl)oc1Nc1ccc(C(=O)N2CCS(=O)(=O)CC2)c(F)c1.Nc1ccc(C(=O)N2CCS(=O)(=O)CC2)c(F)c1. The second-order valence-electron chi connectivity index (χ2n) is 14.2. The monoisotopic (exact) mass is 1100 g/mol. The number of rotatable bonds is 6. The number of hydrogen-bond acceptors (Lipinski definition) is 14. The maximum atomic E-state index is 14.7. The van der Waals surface area contributed by atoms with Crippen LogP contribution >= 0.6 is 62.3 Å². The Morgan fingerprint density at radius 2 is 1.09 bits per heavy atom. The molecule has 16 nitrogen and oxygen atoms in total. The molecule has 2 aromatic heterocycles. The summed E-state index contributed by atoms with van der Waals surface area (Å²) in [5.74, 6) is -2.87. The van der Waals surface area contributed by atoms with Gasteiger partial charge in [-0.15, -0.1) is 0 Å². The number of amides is 2. The maximum Gasteiger partial charge on any atom is 0.256 e. The van der Waals surface area contributed by atoms with Crippen LogP contribution in [0.4, 0.5) is 26.0 Å². The minimum Gasteiger partial charge on any atom is -0.428 e. The molecule has 4 aromatic carbocycles. The predicted octanol–water partition coefficient (Wildman–Crippen LogP) is 8.83. The van der Waals surface area contributed by atoms with E-state index in [1.54, 1.807) is 36.4 Å². The summed E-state index contributed by atoms with van der Waals surface area (Å²) in [6.07, 6.45) is 0. The lowest BCUT2D eigenvalue weighted by atomic mass is 10.1. The zero-order chi connectivity index (χ0) is 48.8. The quantitative estimate of drug-likeness (QED) is 0.148. The van der Waals surface area contributed by atoms with Gasteiger partial charge in [0.1, 0.15) is 23.8 Å². The Morgan fingerprint density at radius 3 is 1.51 bits per heavy atom. The molecule has 67 heavy (non-hydrogen) atoms. The van der Waals surface area contributed by atoms with Crippen LogP contribution in [0.2, 0.25) is 20.1 Å². The number of benzene rings is 4. The Balaban J connectivity index is 0.000000183. The topological polar surface area (TPSA) is 247 Å². The molecule has 0 aliphatic carbocycles. The average molecular weight is 1100 g/mol. The summed E-state index contributed by atoms with van der Waals surface area (Å²) in [6.45, 7) is 0.227. The second kappa shape index (κ2) is 21.5. The second-order valence-corrected chi connectivity index (χ2v) is 21.2. The molecule has 2 aliphatic heterocycles. The predicted molar refractivity (Wildman–Crippen MR) is 251 cm³/mol. The summed E-state index contributed by atoms with van der Waals surface area (Å²) in [6, 6.07) is 21.3. The van der Waals surface area contributed by atoms with Crippen LogP contribution < -0.4 is 11.1 Å². The van der Waals surface area contributed by atoms with Crippen molar-refractivity contribution in [2.24, 2.45) is 0 Å². The molecular weight excluding hydrogens is 1070 g/mol. The smallest absolute Gasteiger partial charge is 0.256 e. The van der Waals surface area contributed by atoms with Gasteiger partial charge in [0.15, 0.2) is 25.4 Å². The third kappa shape index (κ3) is 12.4. The molecule has 4 heterocycles. The zero-order valence-corrected chi connectivity index (χ0v) is 40.3. The fourth-order valence-electron chi connectivity index (χ4n) is 6.24. The summed E-state index contributed by atoms with van der Waals surface area (Å²) in [5, 5.41) is 22.3. The summed E-state index contributed by atoms with van der Waals surface area (Å²) >= 11 is 27.4. The van der Waals surface area contributed by atoms with Gasteiger partial charge in [-0.1, -0.05) is 58.5 Å². The molecule has 348 valence electrons. The number of sulfone groups is 2. The van der Waals surface area contributed by atoms with Crippen molar-refractivity contribution in [3.63, 3.8) is 0 Å². The van der Waals surface area contributed by atoms with Gasteiger partial charge < -0.3 is 29.7 Å². The fraction of sp³-hybridized carbons (Fsp3) is 0.190. The Morgan fingerprint density at radius 1 is 0.672 bits per heavy atom. The van der Waals surface area contributed by atoms with Gasteiger partial charge in [-0.3, -0.25) is 9.59 Å². The largest absolute Gasteiger partial charge is 0.428 e. The summed E-state index contributed by atoms with van der Waals surface area (Å²) in [5.41, 5.74) is 6.41. The standard InChI is InChI=1S/C21H15Cl2FN4O4S.C11H13FN2O3S.C10H3BrCl2N2O/c22-14-2-1-3-15(23)18(14)20-27-17(11-25)19(32-20)26-12-4-5-13(16(24)10-12)21(29)28-6-8-33(30,31)9-7-28;12-10-7-8(13)1-2-9(10)11(15)14-3-5-18(16,17)6-4-14;11-9-7(4-14)15-10(16-9)8-5(12)2-1-3-6(8)13/h1-5,10,26H,6-9H2;1-2,7H,3-6,13H2;1-3H. The Bertz CT molecular complexity index is 3150. The van der Waals surface area contributed by atoms with Crippen molar-refractivity contribution in [1.82, 2.24) is 19.8 Å². The summed E-state index contributed by atoms with van der Waals surface area (Å²) < 4.78 is 85.0. The van der Waals surface area contributed by atoms with E-state index in [1.165, 1.54) is 34.1 Å². The van der Waals surface area contributed by atoms with Gasteiger partial charge in [0.2, 0.25) is 28.0 Å². The number of carbonyl (C=O) groups excluding carboxylic acids is 2. The van der Waals surface area contributed by atoms with Crippen molar-refractivity contribution in [2.45, 2.75) is 0 Å². The molecule has 3 N–H and O–H groups in total. The number of hydrogen-bond donors (Lipinski definition) is 2. The molecule has 0 atom stereocenters. The molecule has 0 spiro atoms. The van der Waals surface area contributed by atoms with Gasteiger partial charge in [-0.05, 0) is 76.6 Å². The van der Waals surface area contributed by atoms with Crippen LogP contribution in [0.15, 0.2) is 86.3 Å². The molecule has 0 unspecified atom stereocenters. The number of aromatic nitrogens is 2. The lowest BCUT2D eigenvalue weighted by Crippen LogP contribution is -2.44. The van der Waals surface area contributed by atoms with E-state index in [2.05, 4.69) is 31.2 Å². The van der Waals surface area contributed by atoms with E-state index in [0.717, 1.165) is 12.1 Å². The molecule has 6 aromatic rings. The molecule has 0 saturated carbocycles. The zero-order valence-electron chi connectivity index (χ0n) is 34.1. The number of nitrogen functional groups attached to an aromatic ring is 1. The van der Waals surface area contributed by atoms with E-state index in [-0.39, 0.29) is 115 Å². The van der Waals surface area contributed by atoms with Gasteiger partial charge in [-0.2, -0.15) is 20.5 Å². The highest BCUT2D eigenvalue weighted by molar-refractivity contribution is 9.10. The first kappa shape index (κ1) is 50.6. The number of anilines is 3. The van der Waals surface area contributed by atoms with E-state index in [1.807, 2.05) is 12.1 Å². The number of oxazole rings is 2. The molecule has 2 fully saturated rings. The average Bonchev–Trinajstić information content (AvgIpc) is 3.85. The Hall–Kier alpha value is -5.78. The number of nitrogens with zero attached hydrogens (tertiary/aromatic N) is 6. The van der Waals surface area contributed by atoms with Gasteiger partial charge in [0.25, 0.3) is 11.8 Å². The van der Waals surface area contributed by atoms with E-state index in [0.29, 0.717) is 21.2 Å². The number of halogens is 7. The van der Waals surface area contributed by atoms with Crippen molar-refractivity contribution in [3.05, 3.63) is 132 Å². The molecule has 25 heteroatoms. The van der Waals surface area contributed by atoms with Gasteiger partial charge in [-0.25, -0.2) is 25.6 Å². The maximum absolute atomic E-state index is 14.7. The van der Waals surface area contributed by atoms with E-state index in [9.17, 15) is 40.5 Å². The Kier molecular flexibility index (Phi) is 16.2. The highest BCUT2D eigenvalue weighted by atomic mass is 79.9. The van der Waals surface area contributed by atoms with E-state index < -0.39 is 43.1 Å². The summed E-state index contributed by atoms with van der Waals surface area (Å²) in [4.78, 5) is 35.3. The van der Waals surface area contributed by atoms with Crippen LogP contribution in [-0.2, 0) is 19.7 Å². The lowest BCUT2D eigenvalue weighted by Gasteiger charge is -2.26. The molecule has 2 amide bonds. The van der Waals surface area contributed by atoms with Crippen molar-refractivity contribution in [1.29, 1.82) is 10.5 Å². The first-order valence-corrected chi connectivity index (χ1v) is 25.1. The van der Waals surface area contributed by atoms with Gasteiger partial charge >= 0.3 is 0 Å². The van der Waals surface area contributed by atoms with Crippen LogP contribution in [0.3, 0.4) is 0 Å². The van der Waals surface area contributed by atoms with Crippen LogP contribution in [0.1, 0.15) is 32.1 Å². The molecule has 8 rings (SSSR count). The number of nitrogens with one attached hydrogen (secondary N) is 1. The van der Waals surface area contributed by atoms with Crippen LogP contribution in [0.25, 0.3) is 22.9 Å². The van der Waals surface area contributed by atoms with Gasteiger partial charge in [0, 0.05) is 37.6 Å². The van der Waals surface area contributed by atoms with Crippen molar-refractivity contribution >= 4 is 111 Å². The van der Waals surface area contributed by atoms with Crippen LogP contribution in [-0.4, -0.2) is 97.6 Å². The van der Waals surface area contributed by atoms with Gasteiger partial charge in [0.05, 0.1) is 65.4 Å². The minimum absolute atomic E-state index is 0.0111. The van der Waals surface area contributed by atoms with Crippen molar-refractivity contribution in [3.8, 4) is 35.0 Å². The number of nitrogens with two attached hydrogens (primary N) is 1. The highest BCUT2D eigenvalue weighted by Crippen LogP contribution is 2.38. The normalized spacial score (nSPS) is 14.9. The van der Waals surface area contributed by atoms with Crippen molar-refractivity contribution < 1.29 is 44.0 Å². The van der Waals surface area contributed by atoms with Crippen LogP contribution in [0, 0.1) is 34.3 Å². The Labute approximate surface area is 409 Å². The molecule has 2 aliphatic rings. The highest BCUT2D eigenvalue weighted by Gasteiger charge is 2.29. The van der Waals surface area contributed by atoms with Crippen LogP contribution in [0.5, 0.6) is 0 Å². The first-order valence-electron chi connectivity index (χ1n) is 19.2. The minimum atomic E-state index is -3.17. The molecule has 0 bridgehead atoms. The number of nitriles is 2. The fourth-order valence-corrected chi connectivity index (χ4v) is 10.1. The van der Waals surface area contributed by atoms with E-state index in [4.69, 9.17) is 66.2 Å². The molecule has 0 radical (unpaired) electrons. The first-order chi connectivity index (χ1) is 31.7. The third-order valence-electron chi connectivity index (χ3n) is 9.72.